The van der Waals surface area contributed by atoms with Crippen LogP contribution in [0, 0.1) is 12.1 Å². The standard InChI is InChI=1S/C9H13NO3/c1-8-4-2-5-9(10(8)12)13-7-3-6-11/h2,4-5,11H,3,6-7H2,1H3. The van der Waals surface area contributed by atoms with E-state index in [0.29, 0.717) is 18.7 Å². The summed E-state index contributed by atoms with van der Waals surface area (Å²) in [5, 5.41) is 19.8. The minimum atomic E-state index is 0.0741. The van der Waals surface area contributed by atoms with Crippen molar-refractivity contribution in [3.8, 4) is 5.88 Å². The molecular weight excluding hydrogens is 170 g/mol. The van der Waals surface area contributed by atoms with Gasteiger partial charge < -0.3 is 15.1 Å². The molecule has 13 heavy (non-hydrogen) atoms. The zero-order valence-corrected chi connectivity index (χ0v) is 7.56. The Labute approximate surface area is 77.0 Å². The van der Waals surface area contributed by atoms with Crippen molar-refractivity contribution in [3.05, 3.63) is 29.1 Å². The predicted octanol–water partition coefficient (Wildman–Crippen LogP) is 0.390. The lowest BCUT2D eigenvalue weighted by atomic mass is 10.4. The Morgan fingerprint density at radius 1 is 1.54 bits per heavy atom. The van der Waals surface area contributed by atoms with Gasteiger partial charge in [-0.15, -0.1) is 4.73 Å². The lowest BCUT2D eigenvalue weighted by molar-refractivity contribution is -0.619. The second-order valence-electron chi connectivity index (χ2n) is 2.73. The molecule has 0 amide bonds. The topological polar surface area (TPSA) is 56.4 Å². The molecule has 0 saturated carbocycles. The second-order valence-corrected chi connectivity index (χ2v) is 2.73. The summed E-state index contributed by atoms with van der Waals surface area (Å²) in [6.07, 6.45) is 0.536. The number of hydrogen-bond donors (Lipinski definition) is 1. The minimum absolute atomic E-state index is 0.0741. The predicted molar refractivity (Wildman–Crippen MR) is 47.3 cm³/mol. The number of rotatable bonds is 4. The highest BCUT2D eigenvalue weighted by atomic mass is 16.5. The third kappa shape index (κ3) is 2.59. The molecule has 1 aromatic heterocycles. The maximum Gasteiger partial charge on any atom is 0.379 e. The monoisotopic (exact) mass is 183 g/mol. The molecule has 0 unspecified atom stereocenters. The number of hydrogen-bond acceptors (Lipinski definition) is 3. The summed E-state index contributed by atoms with van der Waals surface area (Å²) in [7, 11) is 0. The summed E-state index contributed by atoms with van der Waals surface area (Å²) in [4.78, 5) is 0. The first kappa shape index (κ1) is 9.80. The molecule has 0 radical (unpaired) electrons. The Morgan fingerprint density at radius 3 is 3.00 bits per heavy atom. The van der Waals surface area contributed by atoms with Crippen LogP contribution in [0.1, 0.15) is 12.1 Å². The molecule has 0 saturated heterocycles. The van der Waals surface area contributed by atoms with Crippen LogP contribution in [-0.2, 0) is 0 Å². The van der Waals surface area contributed by atoms with Crippen LogP contribution in [0.25, 0.3) is 0 Å². The van der Waals surface area contributed by atoms with Crippen LogP contribution < -0.4 is 9.47 Å². The third-order valence-corrected chi connectivity index (χ3v) is 1.65. The molecule has 0 spiro atoms. The Morgan fingerprint density at radius 2 is 2.31 bits per heavy atom. The van der Waals surface area contributed by atoms with Crippen LogP contribution in [0.4, 0.5) is 0 Å². The van der Waals surface area contributed by atoms with E-state index in [0.717, 1.165) is 4.73 Å². The van der Waals surface area contributed by atoms with E-state index >= 15 is 0 Å². The summed E-state index contributed by atoms with van der Waals surface area (Å²) < 4.78 is 5.88. The lowest BCUT2D eigenvalue weighted by Gasteiger charge is -2.06. The Hall–Kier alpha value is -1.29. The molecule has 4 heteroatoms. The summed E-state index contributed by atoms with van der Waals surface area (Å²) in [6, 6.07) is 5.08. The molecule has 0 fully saturated rings. The fourth-order valence-electron chi connectivity index (χ4n) is 0.927. The molecule has 1 N–H and O–H groups in total. The molecule has 4 nitrogen and oxygen atoms in total. The average Bonchev–Trinajstić information content (AvgIpc) is 2.13. The maximum absolute atomic E-state index is 11.3. The van der Waals surface area contributed by atoms with Gasteiger partial charge in [-0.05, 0) is 6.07 Å². The van der Waals surface area contributed by atoms with Gasteiger partial charge in [-0.3, -0.25) is 0 Å². The van der Waals surface area contributed by atoms with Crippen LogP contribution in [-0.4, -0.2) is 18.3 Å². The molecule has 0 aliphatic heterocycles. The van der Waals surface area contributed by atoms with Crippen LogP contribution in [0.15, 0.2) is 18.2 Å². The van der Waals surface area contributed by atoms with Crippen LogP contribution in [0.5, 0.6) is 5.88 Å². The molecule has 72 valence electrons. The van der Waals surface area contributed by atoms with Gasteiger partial charge in [0.2, 0.25) is 0 Å². The largest absolute Gasteiger partial charge is 0.616 e. The Bertz CT molecular complexity index is 276. The molecule has 1 heterocycles. The van der Waals surface area contributed by atoms with Crippen molar-refractivity contribution >= 4 is 0 Å². The van der Waals surface area contributed by atoms with Crippen molar-refractivity contribution in [2.24, 2.45) is 0 Å². The van der Waals surface area contributed by atoms with Crippen molar-refractivity contribution in [3.63, 3.8) is 0 Å². The van der Waals surface area contributed by atoms with Crippen LogP contribution in [0.3, 0.4) is 0 Å². The number of ether oxygens (including phenoxy) is 1. The number of aryl methyl sites for hydroxylation is 1. The van der Waals surface area contributed by atoms with Crippen molar-refractivity contribution in [2.45, 2.75) is 13.3 Å². The van der Waals surface area contributed by atoms with E-state index in [1.807, 2.05) is 0 Å². The van der Waals surface area contributed by atoms with Gasteiger partial charge in [-0.1, -0.05) is 0 Å². The number of nitrogens with zero attached hydrogens (tertiary/aromatic N) is 1. The van der Waals surface area contributed by atoms with Gasteiger partial charge in [0.15, 0.2) is 5.69 Å². The zero-order valence-electron chi connectivity index (χ0n) is 7.56. The van der Waals surface area contributed by atoms with Crippen LogP contribution in [0.2, 0.25) is 0 Å². The van der Waals surface area contributed by atoms with Gasteiger partial charge in [0.1, 0.15) is 0 Å². The highest BCUT2D eigenvalue weighted by molar-refractivity contribution is 5.07. The quantitative estimate of drug-likeness (QED) is 0.417. The SMILES string of the molecule is Cc1cccc(OCCCO)[n+]1[O-]. The van der Waals surface area contributed by atoms with Gasteiger partial charge in [0.05, 0.1) is 12.7 Å². The van der Waals surface area contributed by atoms with E-state index in [4.69, 9.17) is 9.84 Å². The summed E-state index contributed by atoms with van der Waals surface area (Å²) >= 11 is 0. The normalized spacial score (nSPS) is 10.0. The third-order valence-electron chi connectivity index (χ3n) is 1.65. The molecule has 0 bridgehead atoms. The maximum atomic E-state index is 11.3. The summed E-state index contributed by atoms with van der Waals surface area (Å²) in [5.41, 5.74) is 0.599. The van der Waals surface area contributed by atoms with Crippen LogP contribution >= 0.6 is 0 Å². The van der Waals surface area contributed by atoms with E-state index in [1.165, 1.54) is 0 Å². The number of aliphatic hydroxyl groups is 1. The van der Waals surface area contributed by atoms with Gasteiger partial charge in [0.25, 0.3) is 0 Å². The molecule has 0 atom stereocenters. The Balaban J connectivity index is 2.61. The highest BCUT2D eigenvalue weighted by Crippen LogP contribution is 2.03. The molecule has 1 rings (SSSR count). The smallest absolute Gasteiger partial charge is 0.379 e. The van der Waals surface area contributed by atoms with E-state index in [9.17, 15) is 5.21 Å². The van der Waals surface area contributed by atoms with E-state index < -0.39 is 0 Å². The summed E-state index contributed by atoms with van der Waals surface area (Å²) in [6.45, 7) is 2.15. The number of aromatic nitrogens is 1. The van der Waals surface area contributed by atoms with Crippen molar-refractivity contribution in [1.29, 1.82) is 0 Å². The van der Waals surface area contributed by atoms with E-state index in [2.05, 4.69) is 0 Å². The van der Waals surface area contributed by atoms with Gasteiger partial charge >= 0.3 is 5.88 Å². The highest BCUT2D eigenvalue weighted by Gasteiger charge is 2.07. The zero-order chi connectivity index (χ0) is 9.68. The minimum Gasteiger partial charge on any atom is -0.616 e. The van der Waals surface area contributed by atoms with E-state index in [1.54, 1.807) is 25.1 Å². The van der Waals surface area contributed by atoms with Crippen molar-refractivity contribution in [2.75, 3.05) is 13.2 Å². The summed E-state index contributed by atoms with van der Waals surface area (Å²) in [5.74, 6) is 0.286. The van der Waals surface area contributed by atoms with Crippen molar-refractivity contribution in [1.82, 2.24) is 0 Å². The first-order chi connectivity index (χ1) is 6.25. The molecule has 0 aliphatic carbocycles. The number of aliphatic hydroxyl groups excluding tert-OH is 1. The average molecular weight is 183 g/mol. The Kier molecular flexibility index (Phi) is 3.52. The lowest BCUT2D eigenvalue weighted by Crippen LogP contribution is -2.32. The van der Waals surface area contributed by atoms with Gasteiger partial charge in [0, 0.05) is 26.0 Å². The molecular formula is C9H13NO3. The molecule has 0 aliphatic rings. The second kappa shape index (κ2) is 4.67. The first-order valence-corrected chi connectivity index (χ1v) is 4.18. The first-order valence-electron chi connectivity index (χ1n) is 4.18. The van der Waals surface area contributed by atoms with Gasteiger partial charge in [-0.2, -0.15) is 0 Å². The fourth-order valence-corrected chi connectivity index (χ4v) is 0.927. The molecule has 1 aromatic rings. The molecule has 0 aromatic carbocycles. The van der Waals surface area contributed by atoms with E-state index in [-0.39, 0.29) is 12.5 Å². The fraction of sp³-hybridized carbons (Fsp3) is 0.444. The number of pyridine rings is 1. The van der Waals surface area contributed by atoms with Gasteiger partial charge in [-0.25, -0.2) is 0 Å². The van der Waals surface area contributed by atoms with Crippen molar-refractivity contribution < 1.29 is 14.6 Å².